The minimum Gasteiger partial charge on any atom is -0.349 e. The summed E-state index contributed by atoms with van der Waals surface area (Å²) in [5.41, 5.74) is 2.21. The fraction of sp³-hybridized carbons (Fsp3) is 0.615. The van der Waals surface area contributed by atoms with E-state index in [1.54, 1.807) is 0 Å². The second-order valence-corrected chi connectivity index (χ2v) is 6.56. The zero-order chi connectivity index (χ0) is 11.8. The monoisotopic (exact) mass is 237 g/mol. The maximum Gasteiger partial charge on any atom is 0.164 e. The number of Topliss-reactive ketones (excluding diaryl/α,β-unsaturated/α-hetero) is 1. The number of carbonyl (C=O) groups is 1. The molecular weight excluding hydrogens is 218 g/mol. The van der Waals surface area contributed by atoms with Gasteiger partial charge in [0.2, 0.25) is 0 Å². The maximum atomic E-state index is 11.7. The van der Waals surface area contributed by atoms with Gasteiger partial charge in [0.1, 0.15) is 0 Å². The molecule has 0 saturated heterocycles. The van der Waals surface area contributed by atoms with Crippen molar-refractivity contribution >= 4 is 17.5 Å². The van der Waals surface area contributed by atoms with Crippen molar-refractivity contribution in [1.29, 1.82) is 0 Å². The molecule has 3 heteroatoms. The molecule has 16 heavy (non-hydrogen) atoms. The maximum absolute atomic E-state index is 11.7. The van der Waals surface area contributed by atoms with Crippen LogP contribution in [-0.2, 0) is 13.0 Å². The predicted molar refractivity (Wildman–Crippen MR) is 69.3 cm³/mol. The van der Waals surface area contributed by atoms with E-state index in [2.05, 4.69) is 30.9 Å². The Morgan fingerprint density at radius 3 is 2.88 bits per heavy atom. The number of aromatic nitrogens is 1. The predicted octanol–water partition coefficient (Wildman–Crippen LogP) is 3.15. The van der Waals surface area contributed by atoms with Crippen LogP contribution in [0.25, 0.3) is 0 Å². The first-order valence-corrected chi connectivity index (χ1v) is 7.02. The standard InChI is InChI=1S/C13H19NOS/c1-13(2,16-3)9-14-8-7-10-11(14)5-4-6-12(10)15/h7-8H,4-6,9H2,1-3H3. The Morgan fingerprint density at radius 2 is 2.19 bits per heavy atom. The van der Waals surface area contributed by atoms with E-state index < -0.39 is 0 Å². The van der Waals surface area contributed by atoms with E-state index in [9.17, 15) is 4.79 Å². The minimum atomic E-state index is 0.229. The number of fused-ring (bicyclic) bond motifs is 1. The van der Waals surface area contributed by atoms with Gasteiger partial charge in [0.15, 0.2) is 5.78 Å². The van der Waals surface area contributed by atoms with Crippen LogP contribution in [0.5, 0.6) is 0 Å². The van der Waals surface area contributed by atoms with E-state index in [0.717, 1.165) is 31.4 Å². The molecule has 1 heterocycles. The third-order valence-electron chi connectivity index (χ3n) is 3.30. The van der Waals surface area contributed by atoms with Crippen molar-refractivity contribution in [2.75, 3.05) is 6.26 Å². The highest BCUT2D eigenvalue weighted by Crippen LogP contribution is 2.28. The van der Waals surface area contributed by atoms with Crippen LogP contribution >= 0.6 is 11.8 Å². The van der Waals surface area contributed by atoms with Gasteiger partial charge in [0.25, 0.3) is 0 Å². The van der Waals surface area contributed by atoms with Crippen molar-refractivity contribution in [2.24, 2.45) is 0 Å². The number of ketones is 1. The van der Waals surface area contributed by atoms with Gasteiger partial charge in [0, 0.05) is 35.2 Å². The molecule has 1 aliphatic rings. The smallest absolute Gasteiger partial charge is 0.164 e. The summed E-state index contributed by atoms with van der Waals surface area (Å²) in [5, 5.41) is 0. The first-order valence-electron chi connectivity index (χ1n) is 5.80. The molecule has 0 radical (unpaired) electrons. The summed E-state index contributed by atoms with van der Waals surface area (Å²) >= 11 is 1.87. The van der Waals surface area contributed by atoms with Gasteiger partial charge >= 0.3 is 0 Å². The second kappa shape index (κ2) is 4.28. The van der Waals surface area contributed by atoms with E-state index in [0.29, 0.717) is 5.78 Å². The van der Waals surface area contributed by atoms with E-state index in [1.807, 2.05) is 17.8 Å². The van der Waals surface area contributed by atoms with E-state index in [-0.39, 0.29) is 4.75 Å². The lowest BCUT2D eigenvalue weighted by molar-refractivity contribution is 0.0971. The molecule has 0 aliphatic heterocycles. The van der Waals surface area contributed by atoms with Crippen molar-refractivity contribution in [2.45, 2.75) is 44.4 Å². The van der Waals surface area contributed by atoms with Crippen LogP contribution in [0.15, 0.2) is 12.3 Å². The third kappa shape index (κ3) is 2.19. The molecule has 0 bridgehead atoms. The summed E-state index contributed by atoms with van der Waals surface area (Å²) in [6.07, 6.45) is 7.00. The van der Waals surface area contributed by atoms with E-state index >= 15 is 0 Å². The van der Waals surface area contributed by atoms with E-state index in [4.69, 9.17) is 0 Å². The molecule has 0 aromatic carbocycles. The van der Waals surface area contributed by atoms with Crippen LogP contribution in [0.2, 0.25) is 0 Å². The van der Waals surface area contributed by atoms with Crippen molar-refractivity contribution in [3.8, 4) is 0 Å². The molecule has 0 spiro atoms. The summed E-state index contributed by atoms with van der Waals surface area (Å²) in [5.74, 6) is 0.321. The summed E-state index contributed by atoms with van der Waals surface area (Å²) in [7, 11) is 0. The molecule has 88 valence electrons. The fourth-order valence-electron chi connectivity index (χ4n) is 2.21. The number of carbonyl (C=O) groups excluding carboxylic acids is 1. The Labute approximate surface area is 101 Å². The van der Waals surface area contributed by atoms with Gasteiger partial charge < -0.3 is 4.57 Å². The van der Waals surface area contributed by atoms with Gasteiger partial charge in [-0.25, -0.2) is 0 Å². The largest absolute Gasteiger partial charge is 0.349 e. The SMILES string of the molecule is CSC(C)(C)Cn1ccc2c1CCCC2=O. The summed E-state index contributed by atoms with van der Waals surface area (Å²) in [4.78, 5) is 11.7. The first-order chi connectivity index (χ1) is 7.53. The molecular formula is C13H19NOS. The number of thioether (sulfide) groups is 1. The van der Waals surface area contributed by atoms with Crippen LogP contribution in [0.3, 0.4) is 0 Å². The van der Waals surface area contributed by atoms with Gasteiger partial charge in [-0.3, -0.25) is 4.79 Å². The molecule has 2 nitrogen and oxygen atoms in total. The lowest BCUT2D eigenvalue weighted by Gasteiger charge is -2.25. The van der Waals surface area contributed by atoms with Gasteiger partial charge in [-0.1, -0.05) is 0 Å². The highest BCUT2D eigenvalue weighted by atomic mass is 32.2. The third-order valence-corrected chi connectivity index (χ3v) is 4.53. The quantitative estimate of drug-likeness (QED) is 0.805. The molecule has 2 rings (SSSR count). The van der Waals surface area contributed by atoms with Gasteiger partial charge in [-0.05, 0) is 39.0 Å². The van der Waals surface area contributed by atoms with Crippen molar-refractivity contribution in [1.82, 2.24) is 4.57 Å². The molecule has 0 N–H and O–H groups in total. The highest BCUT2D eigenvalue weighted by Gasteiger charge is 2.23. The molecule has 0 unspecified atom stereocenters. The van der Waals surface area contributed by atoms with Crippen molar-refractivity contribution in [3.63, 3.8) is 0 Å². The number of rotatable bonds is 3. The Bertz CT molecular complexity index is 406. The van der Waals surface area contributed by atoms with Gasteiger partial charge in [-0.15, -0.1) is 0 Å². The van der Waals surface area contributed by atoms with Crippen LogP contribution < -0.4 is 0 Å². The van der Waals surface area contributed by atoms with Crippen LogP contribution in [0.4, 0.5) is 0 Å². The zero-order valence-electron chi connectivity index (χ0n) is 10.2. The Hall–Kier alpha value is -0.700. The second-order valence-electron chi connectivity index (χ2n) is 5.04. The number of hydrogen-bond donors (Lipinski definition) is 0. The Balaban J connectivity index is 2.27. The lowest BCUT2D eigenvalue weighted by atomic mass is 9.96. The molecule has 1 aliphatic carbocycles. The number of hydrogen-bond acceptors (Lipinski definition) is 2. The van der Waals surface area contributed by atoms with Crippen LogP contribution in [-0.4, -0.2) is 21.4 Å². The van der Waals surface area contributed by atoms with Crippen LogP contribution in [0.1, 0.15) is 42.7 Å². The molecule has 0 saturated carbocycles. The van der Waals surface area contributed by atoms with Gasteiger partial charge in [0.05, 0.1) is 0 Å². The van der Waals surface area contributed by atoms with Crippen molar-refractivity contribution < 1.29 is 4.79 Å². The molecule has 0 amide bonds. The zero-order valence-corrected chi connectivity index (χ0v) is 11.1. The minimum absolute atomic E-state index is 0.229. The molecule has 0 atom stereocenters. The Morgan fingerprint density at radius 1 is 1.44 bits per heavy atom. The van der Waals surface area contributed by atoms with E-state index in [1.165, 1.54) is 5.69 Å². The highest BCUT2D eigenvalue weighted by molar-refractivity contribution is 7.99. The Kier molecular flexibility index (Phi) is 3.15. The molecule has 1 aromatic heterocycles. The average Bonchev–Trinajstić information content (AvgIpc) is 2.63. The summed E-state index contributed by atoms with van der Waals surface area (Å²) in [6.45, 7) is 5.47. The number of nitrogens with zero attached hydrogens (tertiary/aromatic N) is 1. The van der Waals surface area contributed by atoms with Crippen LogP contribution in [0, 0.1) is 0 Å². The fourth-order valence-corrected chi connectivity index (χ4v) is 2.48. The lowest BCUT2D eigenvalue weighted by Crippen LogP contribution is -2.24. The summed E-state index contributed by atoms with van der Waals surface area (Å²) in [6, 6.07) is 1.99. The topological polar surface area (TPSA) is 22.0 Å². The molecule has 1 aromatic rings. The summed E-state index contributed by atoms with van der Waals surface area (Å²) < 4.78 is 2.50. The first kappa shape index (κ1) is 11.8. The van der Waals surface area contributed by atoms with Crippen molar-refractivity contribution in [3.05, 3.63) is 23.5 Å². The molecule has 0 fully saturated rings. The normalized spacial score (nSPS) is 16.3. The average molecular weight is 237 g/mol. The van der Waals surface area contributed by atoms with Gasteiger partial charge in [-0.2, -0.15) is 11.8 Å².